The number of methoxy groups -OCH3 is 1. The zero-order valence-electron chi connectivity index (χ0n) is 14.4. The molecule has 1 N–H and O–H groups in total. The molecule has 0 atom stereocenters. The number of anilines is 1. The number of rotatable bonds is 5. The van der Waals surface area contributed by atoms with Gasteiger partial charge in [-0.2, -0.15) is 0 Å². The number of thiazole rings is 1. The molecule has 0 saturated heterocycles. The predicted molar refractivity (Wildman–Crippen MR) is 106 cm³/mol. The molecule has 140 valence electrons. The molecule has 2 aromatic carbocycles. The lowest BCUT2D eigenvalue weighted by molar-refractivity contribution is 0.0600. The van der Waals surface area contributed by atoms with Gasteiger partial charge in [0.05, 0.1) is 28.4 Å². The first-order chi connectivity index (χ1) is 12.8. The largest absolute Gasteiger partial charge is 0.465 e. The minimum Gasteiger partial charge on any atom is -0.465 e. The van der Waals surface area contributed by atoms with Crippen molar-refractivity contribution in [2.24, 2.45) is 0 Å². The molecule has 0 amide bonds. The van der Waals surface area contributed by atoms with Crippen LogP contribution in [0.2, 0.25) is 5.02 Å². The van der Waals surface area contributed by atoms with Crippen LogP contribution in [0.1, 0.15) is 15.4 Å². The van der Waals surface area contributed by atoms with Crippen molar-refractivity contribution in [2.45, 2.75) is 11.8 Å². The van der Waals surface area contributed by atoms with E-state index in [-0.39, 0.29) is 15.5 Å². The summed E-state index contributed by atoms with van der Waals surface area (Å²) in [4.78, 5) is 15.8. The molecule has 0 unspecified atom stereocenters. The summed E-state index contributed by atoms with van der Waals surface area (Å²) < 4.78 is 32.4. The zero-order chi connectivity index (χ0) is 19.6. The normalized spacial score (nSPS) is 11.2. The number of sulfonamides is 1. The molecule has 3 aromatic rings. The van der Waals surface area contributed by atoms with Crippen molar-refractivity contribution >= 4 is 44.6 Å². The van der Waals surface area contributed by atoms with Crippen molar-refractivity contribution in [3.8, 4) is 11.3 Å². The Kier molecular flexibility index (Phi) is 5.50. The van der Waals surface area contributed by atoms with Crippen LogP contribution < -0.4 is 4.72 Å². The smallest absolute Gasteiger partial charge is 0.337 e. The number of esters is 1. The van der Waals surface area contributed by atoms with Crippen LogP contribution in [0, 0.1) is 6.92 Å². The van der Waals surface area contributed by atoms with Crippen molar-refractivity contribution < 1.29 is 17.9 Å². The average Bonchev–Trinajstić information content (AvgIpc) is 3.08. The SMILES string of the molecule is COC(=O)c1ccc(Cl)c(S(=O)(=O)Nc2ccc(-c3csc(C)n3)cc2)c1. The number of aromatic nitrogens is 1. The van der Waals surface area contributed by atoms with Crippen LogP contribution in [-0.2, 0) is 14.8 Å². The van der Waals surface area contributed by atoms with Gasteiger partial charge in [0.2, 0.25) is 0 Å². The van der Waals surface area contributed by atoms with Crippen molar-refractivity contribution in [2.75, 3.05) is 11.8 Å². The fourth-order valence-electron chi connectivity index (χ4n) is 2.37. The number of benzene rings is 2. The number of hydrogen-bond acceptors (Lipinski definition) is 6. The molecule has 0 saturated carbocycles. The Hall–Kier alpha value is -2.42. The van der Waals surface area contributed by atoms with E-state index >= 15 is 0 Å². The van der Waals surface area contributed by atoms with Crippen LogP contribution in [0.5, 0.6) is 0 Å². The summed E-state index contributed by atoms with van der Waals surface area (Å²) in [7, 11) is -2.77. The molecule has 1 heterocycles. The van der Waals surface area contributed by atoms with Crippen molar-refractivity contribution in [1.29, 1.82) is 0 Å². The molecule has 1 aromatic heterocycles. The Labute approximate surface area is 165 Å². The van der Waals surface area contributed by atoms with Crippen molar-refractivity contribution in [3.63, 3.8) is 0 Å². The lowest BCUT2D eigenvalue weighted by Crippen LogP contribution is -2.14. The van der Waals surface area contributed by atoms with Gasteiger partial charge in [-0.15, -0.1) is 11.3 Å². The lowest BCUT2D eigenvalue weighted by atomic mass is 10.1. The van der Waals surface area contributed by atoms with E-state index in [2.05, 4.69) is 14.4 Å². The summed E-state index contributed by atoms with van der Waals surface area (Å²) in [6.07, 6.45) is 0. The van der Waals surface area contributed by atoms with E-state index in [0.717, 1.165) is 16.3 Å². The second kappa shape index (κ2) is 7.67. The third-order valence-electron chi connectivity index (χ3n) is 3.69. The fourth-order valence-corrected chi connectivity index (χ4v) is 4.58. The van der Waals surface area contributed by atoms with E-state index in [1.165, 1.54) is 25.3 Å². The summed E-state index contributed by atoms with van der Waals surface area (Å²) in [5.41, 5.74) is 2.18. The van der Waals surface area contributed by atoms with Gasteiger partial charge in [0.1, 0.15) is 4.90 Å². The molecule has 0 fully saturated rings. The first kappa shape index (κ1) is 19.3. The summed E-state index contributed by atoms with van der Waals surface area (Å²) in [5.74, 6) is -0.647. The zero-order valence-corrected chi connectivity index (χ0v) is 16.8. The highest BCUT2D eigenvalue weighted by Crippen LogP contribution is 2.27. The summed E-state index contributed by atoms with van der Waals surface area (Å²) in [6.45, 7) is 1.92. The van der Waals surface area contributed by atoms with Gasteiger partial charge >= 0.3 is 5.97 Å². The van der Waals surface area contributed by atoms with E-state index in [4.69, 9.17) is 11.6 Å². The van der Waals surface area contributed by atoms with Gasteiger partial charge in [-0.25, -0.2) is 18.2 Å². The maximum absolute atomic E-state index is 12.7. The standard InChI is InChI=1S/C18H15ClN2O4S2/c1-11-20-16(10-26-11)12-3-6-14(7-4-12)21-27(23,24)17-9-13(18(22)25-2)5-8-15(17)19/h3-10,21H,1-2H3. The quantitative estimate of drug-likeness (QED) is 0.617. The molecule has 0 spiro atoms. The Morgan fingerprint density at radius 1 is 1.19 bits per heavy atom. The second-order valence-electron chi connectivity index (χ2n) is 5.57. The Morgan fingerprint density at radius 3 is 2.48 bits per heavy atom. The lowest BCUT2D eigenvalue weighted by Gasteiger charge is -2.11. The number of hydrogen-bond donors (Lipinski definition) is 1. The number of carbonyl (C=O) groups is 1. The average molecular weight is 423 g/mol. The first-order valence-corrected chi connectivity index (χ1v) is 10.5. The Balaban J connectivity index is 1.87. The van der Waals surface area contributed by atoms with Crippen LogP contribution in [-0.4, -0.2) is 26.5 Å². The maximum Gasteiger partial charge on any atom is 0.337 e. The summed E-state index contributed by atoms with van der Waals surface area (Å²) >= 11 is 7.57. The monoisotopic (exact) mass is 422 g/mol. The Morgan fingerprint density at radius 2 is 1.89 bits per heavy atom. The Bertz CT molecular complexity index is 1090. The second-order valence-corrected chi connectivity index (χ2v) is 8.69. The van der Waals surface area contributed by atoms with E-state index in [9.17, 15) is 13.2 Å². The number of carbonyl (C=O) groups excluding carboxylic acids is 1. The van der Waals surface area contributed by atoms with Crippen molar-refractivity contribution in [1.82, 2.24) is 4.98 Å². The van der Waals surface area contributed by atoms with E-state index in [0.29, 0.717) is 5.69 Å². The van der Waals surface area contributed by atoms with Gasteiger partial charge < -0.3 is 4.74 Å². The molecule has 6 nitrogen and oxygen atoms in total. The third kappa shape index (κ3) is 4.29. The number of nitrogens with one attached hydrogen (secondary N) is 1. The number of ether oxygens (including phenoxy) is 1. The molecule has 0 radical (unpaired) electrons. The topological polar surface area (TPSA) is 85.4 Å². The van der Waals surface area contributed by atoms with E-state index in [1.54, 1.807) is 35.6 Å². The highest BCUT2D eigenvalue weighted by Gasteiger charge is 2.20. The minimum absolute atomic E-state index is 0.00437. The molecule has 0 bridgehead atoms. The molecule has 9 heteroatoms. The van der Waals surface area contributed by atoms with Crippen LogP contribution in [0.15, 0.2) is 52.7 Å². The molecule has 27 heavy (non-hydrogen) atoms. The molecule has 0 aliphatic rings. The molecular weight excluding hydrogens is 408 g/mol. The molecule has 3 rings (SSSR count). The highest BCUT2D eigenvalue weighted by molar-refractivity contribution is 7.92. The van der Waals surface area contributed by atoms with Crippen LogP contribution in [0.4, 0.5) is 5.69 Å². The molecule has 0 aliphatic heterocycles. The number of aryl methyl sites for hydroxylation is 1. The van der Waals surface area contributed by atoms with Gasteiger partial charge in [0, 0.05) is 16.6 Å². The van der Waals surface area contributed by atoms with E-state index < -0.39 is 16.0 Å². The summed E-state index contributed by atoms with van der Waals surface area (Å²) in [6, 6.07) is 10.8. The van der Waals surface area contributed by atoms with Crippen LogP contribution >= 0.6 is 22.9 Å². The van der Waals surface area contributed by atoms with Crippen LogP contribution in [0.25, 0.3) is 11.3 Å². The van der Waals surface area contributed by atoms with Crippen molar-refractivity contribution in [3.05, 3.63) is 63.4 Å². The first-order valence-electron chi connectivity index (χ1n) is 7.73. The fraction of sp³-hybridized carbons (Fsp3) is 0.111. The molecule has 0 aliphatic carbocycles. The van der Waals surface area contributed by atoms with Gasteiger partial charge in [0.25, 0.3) is 10.0 Å². The van der Waals surface area contributed by atoms with Gasteiger partial charge in [-0.1, -0.05) is 23.7 Å². The third-order valence-corrected chi connectivity index (χ3v) is 6.33. The summed E-state index contributed by atoms with van der Waals surface area (Å²) in [5, 5.41) is 2.90. The van der Waals surface area contributed by atoms with Gasteiger partial charge in [-0.05, 0) is 37.3 Å². The van der Waals surface area contributed by atoms with E-state index in [1.807, 2.05) is 12.3 Å². The predicted octanol–water partition coefficient (Wildman–Crippen LogP) is 4.36. The van der Waals surface area contributed by atoms with Gasteiger partial charge in [0.15, 0.2) is 0 Å². The number of nitrogens with zero attached hydrogens (tertiary/aromatic N) is 1. The van der Waals surface area contributed by atoms with Gasteiger partial charge in [-0.3, -0.25) is 4.72 Å². The minimum atomic E-state index is -3.98. The number of halogens is 1. The molecular formula is C18H15ClN2O4S2. The maximum atomic E-state index is 12.7. The van der Waals surface area contributed by atoms with Crippen LogP contribution in [0.3, 0.4) is 0 Å². The highest BCUT2D eigenvalue weighted by atomic mass is 35.5.